The number of nitrogens with one attached hydrogen (secondary N) is 1. The van der Waals surface area contributed by atoms with E-state index in [-0.39, 0.29) is 0 Å². The van der Waals surface area contributed by atoms with Crippen LogP contribution in [0.4, 0.5) is 23.2 Å². The average molecular weight is 292 g/mol. The van der Waals surface area contributed by atoms with Gasteiger partial charge in [0.25, 0.3) is 5.69 Å². The van der Waals surface area contributed by atoms with Crippen LogP contribution in [-0.4, -0.2) is 17.0 Å². The molecule has 1 aliphatic rings. The van der Waals surface area contributed by atoms with Crippen molar-refractivity contribution in [2.75, 3.05) is 0 Å². The highest BCUT2D eigenvalue weighted by atomic mass is 19.4. The monoisotopic (exact) mass is 292 g/mol. The van der Waals surface area contributed by atoms with E-state index in [4.69, 9.17) is 0 Å². The fraction of sp³-hybridized carbons (Fsp3) is 0.364. The SMILES string of the molecule is O=C1CC(C(F)(F)F)C(c2cc([N+](=O)[O-])ccc2F)N1. The Labute approximate surface area is 109 Å². The predicted octanol–water partition coefficient (Wildman–Crippen LogP) is 2.47. The number of carbonyl (C=O) groups excluding carboxylic acids is 1. The summed E-state index contributed by atoms with van der Waals surface area (Å²) in [5.74, 6) is -4.01. The third-order valence-corrected chi connectivity index (χ3v) is 3.07. The van der Waals surface area contributed by atoms with Gasteiger partial charge in [0, 0.05) is 24.1 Å². The van der Waals surface area contributed by atoms with Crippen LogP contribution in [0.2, 0.25) is 0 Å². The number of carbonyl (C=O) groups is 1. The molecule has 20 heavy (non-hydrogen) atoms. The normalized spacial score (nSPS) is 22.7. The molecule has 1 aromatic rings. The van der Waals surface area contributed by atoms with Crippen molar-refractivity contribution >= 4 is 11.6 Å². The van der Waals surface area contributed by atoms with Gasteiger partial charge >= 0.3 is 6.18 Å². The molecule has 2 unspecified atom stereocenters. The number of rotatable bonds is 2. The zero-order valence-electron chi connectivity index (χ0n) is 9.78. The lowest BCUT2D eigenvalue weighted by Gasteiger charge is -2.21. The molecule has 1 aromatic carbocycles. The van der Waals surface area contributed by atoms with Crippen LogP contribution in [0.1, 0.15) is 18.0 Å². The van der Waals surface area contributed by atoms with E-state index < -0.39 is 52.5 Å². The molecule has 1 aliphatic heterocycles. The Balaban J connectivity index is 2.46. The molecule has 1 N–H and O–H groups in total. The summed E-state index contributed by atoms with van der Waals surface area (Å²) in [4.78, 5) is 20.9. The summed E-state index contributed by atoms with van der Waals surface area (Å²) < 4.78 is 52.1. The largest absolute Gasteiger partial charge is 0.394 e. The number of nitro benzene ring substituents is 1. The molecule has 1 heterocycles. The molecule has 1 amide bonds. The number of amides is 1. The van der Waals surface area contributed by atoms with E-state index in [2.05, 4.69) is 0 Å². The van der Waals surface area contributed by atoms with Crippen molar-refractivity contribution in [3.05, 3.63) is 39.7 Å². The molecular weight excluding hydrogens is 284 g/mol. The Morgan fingerprint density at radius 3 is 2.55 bits per heavy atom. The summed E-state index contributed by atoms with van der Waals surface area (Å²) >= 11 is 0. The van der Waals surface area contributed by atoms with Crippen LogP contribution < -0.4 is 5.32 Å². The number of hydrogen-bond acceptors (Lipinski definition) is 3. The molecule has 1 saturated heterocycles. The quantitative estimate of drug-likeness (QED) is 0.517. The first kappa shape index (κ1) is 14.2. The minimum Gasteiger partial charge on any atom is -0.349 e. The summed E-state index contributed by atoms with van der Waals surface area (Å²) in [6, 6.07) is 0.621. The first-order valence-electron chi connectivity index (χ1n) is 5.50. The fourth-order valence-corrected chi connectivity index (χ4v) is 2.13. The average Bonchev–Trinajstić information content (AvgIpc) is 2.71. The van der Waals surface area contributed by atoms with Crippen molar-refractivity contribution in [1.29, 1.82) is 0 Å². The van der Waals surface area contributed by atoms with Crippen molar-refractivity contribution in [2.45, 2.75) is 18.6 Å². The molecule has 0 bridgehead atoms. The summed E-state index contributed by atoms with van der Waals surface area (Å²) in [5.41, 5.74) is -1.07. The van der Waals surface area contributed by atoms with Crippen molar-refractivity contribution in [2.24, 2.45) is 5.92 Å². The number of non-ortho nitro benzene ring substituents is 1. The number of alkyl halides is 3. The van der Waals surface area contributed by atoms with Crippen LogP contribution in [0.3, 0.4) is 0 Å². The van der Waals surface area contributed by atoms with Crippen molar-refractivity contribution < 1.29 is 27.3 Å². The molecule has 1 fully saturated rings. The van der Waals surface area contributed by atoms with E-state index in [0.717, 1.165) is 6.07 Å². The summed E-state index contributed by atoms with van der Waals surface area (Å²) in [7, 11) is 0. The van der Waals surface area contributed by atoms with Gasteiger partial charge in [-0.1, -0.05) is 0 Å². The minimum absolute atomic E-state index is 0.535. The number of halogens is 4. The second-order valence-electron chi connectivity index (χ2n) is 4.36. The zero-order valence-corrected chi connectivity index (χ0v) is 9.78. The second-order valence-corrected chi connectivity index (χ2v) is 4.36. The highest BCUT2D eigenvalue weighted by Gasteiger charge is 2.51. The lowest BCUT2D eigenvalue weighted by molar-refractivity contribution is -0.385. The van der Waals surface area contributed by atoms with Gasteiger partial charge in [-0.2, -0.15) is 13.2 Å². The van der Waals surface area contributed by atoms with E-state index in [9.17, 15) is 32.5 Å². The smallest absolute Gasteiger partial charge is 0.349 e. The maximum Gasteiger partial charge on any atom is 0.394 e. The Bertz CT molecular complexity index is 573. The van der Waals surface area contributed by atoms with Gasteiger partial charge in [-0.25, -0.2) is 4.39 Å². The van der Waals surface area contributed by atoms with Gasteiger partial charge < -0.3 is 5.32 Å². The predicted molar refractivity (Wildman–Crippen MR) is 58.1 cm³/mol. The third-order valence-electron chi connectivity index (χ3n) is 3.07. The van der Waals surface area contributed by atoms with E-state index >= 15 is 0 Å². The van der Waals surface area contributed by atoms with Crippen LogP contribution >= 0.6 is 0 Å². The molecule has 0 spiro atoms. The molecule has 2 atom stereocenters. The second kappa shape index (κ2) is 4.73. The lowest BCUT2D eigenvalue weighted by Crippen LogP contribution is -2.30. The van der Waals surface area contributed by atoms with Gasteiger partial charge in [-0.05, 0) is 6.07 Å². The highest BCUT2D eigenvalue weighted by Crippen LogP contribution is 2.43. The molecule has 2 rings (SSSR count). The number of nitro groups is 1. The first-order chi connectivity index (χ1) is 9.20. The molecule has 0 aliphatic carbocycles. The molecule has 0 aromatic heterocycles. The van der Waals surface area contributed by atoms with E-state index in [1.54, 1.807) is 0 Å². The maximum atomic E-state index is 13.6. The molecule has 0 radical (unpaired) electrons. The standard InChI is InChI=1S/C11H8F4N2O3/c12-8-2-1-5(17(19)20)3-6(8)10-7(11(13,14)15)4-9(18)16-10/h1-3,7,10H,4H2,(H,16,18). The Hall–Kier alpha value is -2.19. The first-order valence-corrected chi connectivity index (χ1v) is 5.50. The third kappa shape index (κ3) is 2.56. The van der Waals surface area contributed by atoms with Crippen LogP contribution in [0.5, 0.6) is 0 Å². The topological polar surface area (TPSA) is 72.2 Å². The van der Waals surface area contributed by atoms with Crippen LogP contribution in [0.15, 0.2) is 18.2 Å². The van der Waals surface area contributed by atoms with Gasteiger partial charge in [-0.3, -0.25) is 14.9 Å². The van der Waals surface area contributed by atoms with Gasteiger partial charge in [0.15, 0.2) is 0 Å². The van der Waals surface area contributed by atoms with Crippen LogP contribution in [-0.2, 0) is 4.79 Å². The molecule has 5 nitrogen and oxygen atoms in total. The summed E-state index contributed by atoms with van der Waals surface area (Å²) in [5, 5.41) is 12.6. The number of hydrogen-bond donors (Lipinski definition) is 1. The van der Waals surface area contributed by atoms with E-state index in [1.807, 2.05) is 5.32 Å². The number of nitrogens with zero attached hydrogens (tertiary/aromatic N) is 1. The number of benzene rings is 1. The van der Waals surface area contributed by atoms with Gasteiger partial charge in [0.05, 0.1) is 16.9 Å². The fourth-order valence-electron chi connectivity index (χ4n) is 2.13. The molecule has 9 heteroatoms. The summed E-state index contributed by atoms with van der Waals surface area (Å²) in [6.07, 6.45) is -5.53. The van der Waals surface area contributed by atoms with E-state index in [1.165, 1.54) is 0 Å². The Morgan fingerprint density at radius 2 is 2.00 bits per heavy atom. The molecule has 108 valence electrons. The highest BCUT2D eigenvalue weighted by molar-refractivity contribution is 5.79. The van der Waals surface area contributed by atoms with Crippen LogP contribution in [0.25, 0.3) is 0 Å². The molecule has 0 saturated carbocycles. The van der Waals surface area contributed by atoms with Crippen molar-refractivity contribution in [3.8, 4) is 0 Å². The molecular formula is C11H8F4N2O3. The van der Waals surface area contributed by atoms with E-state index in [0.29, 0.717) is 12.1 Å². The lowest BCUT2D eigenvalue weighted by atomic mass is 9.93. The van der Waals surface area contributed by atoms with Gasteiger partial charge in [0.1, 0.15) is 5.82 Å². The zero-order chi connectivity index (χ0) is 15.1. The van der Waals surface area contributed by atoms with Crippen molar-refractivity contribution in [3.63, 3.8) is 0 Å². The van der Waals surface area contributed by atoms with Crippen LogP contribution in [0, 0.1) is 21.8 Å². The van der Waals surface area contributed by atoms with Gasteiger partial charge in [-0.15, -0.1) is 0 Å². The maximum absolute atomic E-state index is 13.6. The summed E-state index contributed by atoms with van der Waals surface area (Å²) in [6.45, 7) is 0. The van der Waals surface area contributed by atoms with Gasteiger partial charge in [0.2, 0.25) is 5.91 Å². The van der Waals surface area contributed by atoms with Crippen molar-refractivity contribution in [1.82, 2.24) is 5.32 Å². The Morgan fingerprint density at radius 1 is 1.35 bits per heavy atom. The minimum atomic E-state index is -4.71. The Kier molecular flexibility index (Phi) is 3.36.